The first-order chi connectivity index (χ1) is 9.67. The molecular formula is C15H22N2O3S. The molecule has 2 N–H and O–H groups in total. The average Bonchev–Trinajstić information content (AvgIpc) is 2.68. The van der Waals surface area contributed by atoms with E-state index in [2.05, 4.69) is 0 Å². The van der Waals surface area contributed by atoms with Crippen molar-refractivity contribution in [2.75, 3.05) is 7.11 Å². The molecule has 0 radical (unpaired) electrons. The van der Waals surface area contributed by atoms with Crippen LogP contribution in [0, 0.1) is 6.92 Å². The third-order valence-electron chi connectivity index (χ3n) is 3.95. The molecule has 0 aliphatic heterocycles. The number of sulfonamides is 1. The zero-order valence-corrected chi connectivity index (χ0v) is 13.7. The van der Waals surface area contributed by atoms with Gasteiger partial charge in [0.25, 0.3) is 0 Å². The van der Waals surface area contributed by atoms with Gasteiger partial charge in [-0.15, -0.1) is 0 Å². The molecule has 0 atom stereocenters. The number of aromatic nitrogens is 1. The van der Waals surface area contributed by atoms with E-state index in [1.807, 2.05) is 36.6 Å². The molecule has 5 nitrogen and oxygen atoms in total. The van der Waals surface area contributed by atoms with E-state index in [4.69, 9.17) is 9.88 Å². The second-order valence-electron chi connectivity index (χ2n) is 5.84. The summed E-state index contributed by atoms with van der Waals surface area (Å²) < 4.78 is 31.2. The highest BCUT2D eigenvalue weighted by atomic mass is 32.2. The van der Waals surface area contributed by atoms with Crippen molar-refractivity contribution in [2.45, 2.75) is 44.2 Å². The van der Waals surface area contributed by atoms with Gasteiger partial charge in [0.05, 0.1) is 5.60 Å². The van der Waals surface area contributed by atoms with Crippen molar-refractivity contribution in [1.82, 2.24) is 4.57 Å². The molecule has 0 unspecified atom stereocenters. The maximum Gasteiger partial charge on any atom is 0.240 e. The third kappa shape index (κ3) is 3.12. The molecule has 0 spiro atoms. The molecule has 0 aliphatic carbocycles. The number of fused-ring (bicyclic) bond motifs is 1. The summed E-state index contributed by atoms with van der Waals surface area (Å²) in [5, 5.41) is 6.05. The Morgan fingerprint density at radius 3 is 2.48 bits per heavy atom. The molecule has 2 rings (SSSR count). The molecule has 0 fully saturated rings. The molecule has 1 heterocycles. The van der Waals surface area contributed by atoms with Crippen LogP contribution in [-0.4, -0.2) is 25.7 Å². The summed E-state index contributed by atoms with van der Waals surface area (Å²) in [6.07, 6.45) is 0.771. The zero-order chi connectivity index (χ0) is 15.8. The van der Waals surface area contributed by atoms with Gasteiger partial charge in [-0.3, -0.25) is 0 Å². The summed E-state index contributed by atoms with van der Waals surface area (Å²) in [5.74, 6) is 0. The van der Waals surface area contributed by atoms with Crippen LogP contribution in [-0.2, 0) is 21.3 Å². The molecule has 1 aromatic carbocycles. The Bertz CT molecular complexity index is 761. The number of ether oxygens (including phenoxy) is 1. The van der Waals surface area contributed by atoms with E-state index in [0.717, 1.165) is 11.9 Å². The number of hydrogen-bond donors (Lipinski definition) is 1. The minimum Gasteiger partial charge on any atom is -0.379 e. The van der Waals surface area contributed by atoms with Gasteiger partial charge in [-0.25, -0.2) is 13.6 Å². The van der Waals surface area contributed by atoms with Crippen molar-refractivity contribution in [1.29, 1.82) is 0 Å². The molecule has 0 saturated heterocycles. The largest absolute Gasteiger partial charge is 0.379 e. The molecule has 21 heavy (non-hydrogen) atoms. The van der Waals surface area contributed by atoms with Crippen molar-refractivity contribution in [3.05, 3.63) is 30.0 Å². The first-order valence-corrected chi connectivity index (χ1v) is 8.38. The fourth-order valence-corrected chi connectivity index (χ4v) is 3.53. The molecule has 0 saturated carbocycles. The quantitative estimate of drug-likeness (QED) is 0.921. The molecule has 2 aromatic rings. The van der Waals surface area contributed by atoms with Crippen LogP contribution in [0.4, 0.5) is 0 Å². The number of benzene rings is 1. The van der Waals surface area contributed by atoms with E-state index in [-0.39, 0.29) is 10.5 Å². The lowest BCUT2D eigenvalue weighted by molar-refractivity contribution is 0.0122. The van der Waals surface area contributed by atoms with Crippen molar-refractivity contribution in [2.24, 2.45) is 5.14 Å². The summed E-state index contributed by atoms with van der Waals surface area (Å²) in [6, 6.07) is 7.42. The Hall–Kier alpha value is -1.37. The smallest absolute Gasteiger partial charge is 0.240 e. The van der Waals surface area contributed by atoms with Gasteiger partial charge in [0.15, 0.2) is 0 Å². The SMILES string of the molecule is COC(C)(C)CCn1c(C)c(S(N)(=O)=O)c2ccccc21. The highest BCUT2D eigenvalue weighted by Crippen LogP contribution is 2.30. The van der Waals surface area contributed by atoms with Gasteiger partial charge in [0.1, 0.15) is 4.90 Å². The van der Waals surface area contributed by atoms with Gasteiger partial charge in [0, 0.05) is 30.3 Å². The van der Waals surface area contributed by atoms with Crippen LogP contribution in [0.1, 0.15) is 26.0 Å². The second kappa shape index (κ2) is 5.44. The summed E-state index contributed by atoms with van der Waals surface area (Å²) >= 11 is 0. The van der Waals surface area contributed by atoms with Crippen LogP contribution >= 0.6 is 0 Å². The molecule has 0 amide bonds. The highest BCUT2D eigenvalue weighted by molar-refractivity contribution is 7.89. The predicted octanol–water partition coefficient (Wildman–Crippen LogP) is 2.41. The monoisotopic (exact) mass is 310 g/mol. The van der Waals surface area contributed by atoms with Gasteiger partial charge < -0.3 is 9.30 Å². The number of hydrogen-bond acceptors (Lipinski definition) is 3. The maximum atomic E-state index is 11.9. The Balaban J connectivity index is 2.57. The lowest BCUT2D eigenvalue weighted by Gasteiger charge is -2.23. The standard InChI is InChI=1S/C15H22N2O3S/c1-11-14(21(16,18)19)12-7-5-6-8-13(12)17(11)10-9-15(2,3)20-4/h5-8H,9-10H2,1-4H3,(H2,16,18,19). The highest BCUT2D eigenvalue weighted by Gasteiger charge is 2.23. The van der Waals surface area contributed by atoms with Gasteiger partial charge in [0.2, 0.25) is 10.0 Å². The van der Waals surface area contributed by atoms with Crippen LogP contribution in [0.25, 0.3) is 10.9 Å². The fourth-order valence-electron chi connectivity index (χ4n) is 2.53. The van der Waals surface area contributed by atoms with E-state index in [1.165, 1.54) is 0 Å². The number of primary sulfonamides is 1. The first kappa shape index (κ1) is 16.0. The van der Waals surface area contributed by atoms with Crippen molar-refractivity contribution in [3.8, 4) is 0 Å². The van der Waals surface area contributed by atoms with Gasteiger partial charge >= 0.3 is 0 Å². The number of nitrogens with zero attached hydrogens (tertiary/aromatic N) is 1. The Labute approximate surface area is 125 Å². The van der Waals surface area contributed by atoms with Gasteiger partial charge in [-0.2, -0.15) is 0 Å². The van der Waals surface area contributed by atoms with Crippen molar-refractivity contribution in [3.63, 3.8) is 0 Å². The Morgan fingerprint density at radius 1 is 1.29 bits per heavy atom. The Morgan fingerprint density at radius 2 is 1.90 bits per heavy atom. The number of methoxy groups -OCH3 is 1. The van der Waals surface area contributed by atoms with E-state index in [1.54, 1.807) is 20.1 Å². The first-order valence-electron chi connectivity index (χ1n) is 6.83. The second-order valence-corrected chi connectivity index (χ2v) is 7.34. The van der Waals surface area contributed by atoms with Crippen LogP contribution < -0.4 is 5.14 Å². The number of aryl methyl sites for hydroxylation is 1. The molecular weight excluding hydrogens is 288 g/mol. The molecule has 0 aliphatic rings. The summed E-state index contributed by atoms with van der Waals surface area (Å²) in [4.78, 5) is 0.216. The van der Waals surface area contributed by atoms with Gasteiger partial charge in [-0.1, -0.05) is 18.2 Å². The molecule has 116 valence electrons. The minimum absolute atomic E-state index is 0.216. The summed E-state index contributed by atoms with van der Waals surface area (Å²) in [5.41, 5.74) is 1.29. The number of rotatable bonds is 5. The van der Waals surface area contributed by atoms with Crippen LogP contribution in [0.5, 0.6) is 0 Å². The van der Waals surface area contributed by atoms with Crippen LogP contribution in [0.15, 0.2) is 29.2 Å². The topological polar surface area (TPSA) is 74.3 Å². The summed E-state index contributed by atoms with van der Waals surface area (Å²) in [6.45, 7) is 6.48. The van der Waals surface area contributed by atoms with Crippen LogP contribution in [0.3, 0.4) is 0 Å². The van der Waals surface area contributed by atoms with E-state index < -0.39 is 10.0 Å². The molecule has 1 aromatic heterocycles. The number of nitrogens with two attached hydrogens (primary N) is 1. The third-order valence-corrected chi connectivity index (χ3v) is 5.03. The average molecular weight is 310 g/mol. The van der Waals surface area contributed by atoms with E-state index in [9.17, 15) is 8.42 Å². The van der Waals surface area contributed by atoms with E-state index >= 15 is 0 Å². The van der Waals surface area contributed by atoms with Gasteiger partial charge in [-0.05, 0) is 33.3 Å². The zero-order valence-electron chi connectivity index (χ0n) is 12.9. The lowest BCUT2D eigenvalue weighted by Crippen LogP contribution is -2.24. The normalized spacial score (nSPS) is 13.0. The van der Waals surface area contributed by atoms with E-state index in [0.29, 0.717) is 17.6 Å². The maximum absolute atomic E-state index is 11.9. The van der Waals surface area contributed by atoms with Crippen molar-refractivity contribution >= 4 is 20.9 Å². The minimum atomic E-state index is -3.75. The Kier molecular flexibility index (Phi) is 4.15. The predicted molar refractivity (Wildman–Crippen MR) is 83.8 cm³/mol. The molecule has 6 heteroatoms. The fraction of sp³-hybridized carbons (Fsp3) is 0.467. The van der Waals surface area contributed by atoms with Crippen molar-refractivity contribution < 1.29 is 13.2 Å². The summed E-state index contributed by atoms with van der Waals surface area (Å²) in [7, 11) is -2.07. The lowest BCUT2D eigenvalue weighted by atomic mass is 10.1. The van der Waals surface area contributed by atoms with Crippen LogP contribution in [0.2, 0.25) is 0 Å². The number of para-hydroxylation sites is 1. The molecule has 0 bridgehead atoms.